The first-order valence-corrected chi connectivity index (χ1v) is 13.4. The van der Waals surface area contributed by atoms with Crippen molar-refractivity contribution in [3.8, 4) is 0 Å². The summed E-state index contributed by atoms with van der Waals surface area (Å²) in [5.41, 5.74) is 0. The third-order valence-corrected chi connectivity index (χ3v) is 0. The molecule has 0 saturated carbocycles. The van der Waals surface area contributed by atoms with Crippen molar-refractivity contribution >= 4 is 58.1 Å². The van der Waals surface area contributed by atoms with E-state index >= 15 is 0 Å². The van der Waals surface area contributed by atoms with Gasteiger partial charge in [-0.25, -0.2) is 0 Å². The van der Waals surface area contributed by atoms with Crippen LogP contribution >= 0.6 is 58.1 Å². The van der Waals surface area contributed by atoms with Gasteiger partial charge in [0.1, 0.15) is 0 Å². The van der Waals surface area contributed by atoms with Crippen LogP contribution in [0.3, 0.4) is 0 Å². The van der Waals surface area contributed by atoms with E-state index in [0.717, 1.165) is 0 Å². The van der Waals surface area contributed by atoms with Crippen LogP contribution in [-0.4, -0.2) is 0 Å². The van der Waals surface area contributed by atoms with Crippen LogP contribution in [-0.2, 0) is 6.48 Å². The molecule has 11 heteroatoms. The van der Waals surface area contributed by atoms with Crippen LogP contribution in [0.1, 0.15) is 0 Å². The molecular formula is Cl6Na4Rh. The minimum absolute atomic E-state index is 0. The van der Waals surface area contributed by atoms with Gasteiger partial charge in [-0.15, -0.1) is 0 Å². The summed E-state index contributed by atoms with van der Waals surface area (Å²) in [7, 11) is 30.2. The van der Waals surface area contributed by atoms with E-state index in [1.165, 1.54) is 0 Å². The van der Waals surface area contributed by atoms with Gasteiger partial charge in [-0.05, 0) is 0 Å². The minimum Gasteiger partial charge on any atom is 1.00 e. The summed E-state index contributed by atoms with van der Waals surface area (Å²) >= 11 is 0. The third kappa shape index (κ3) is 83.4. The first kappa shape index (κ1) is 30.4. The van der Waals surface area contributed by atoms with Crippen LogP contribution in [0.15, 0.2) is 0 Å². The zero-order valence-corrected chi connectivity index (χ0v) is 20.8. The number of halogens is 6. The fraction of sp³-hybridized carbons (Fsp3) is 0. The summed E-state index contributed by atoms with van der Waals surface area (Å²) in [5, 5.41) is 0. The van der Waals surface area contributed by atoms with Gasteiger partial charge >= 0.3 is 183 Å². The molecule has 0 aromatic rings. The van der Waals surface area contributed by atoms with Gasteiger partial charge < -0.3 is 0 Å². The average molecular weight is 408 g/mol. The topological polar surface area (TPSA) is 0 Å². The Balaban J connectivity index is -0.0000000300. The van der Waals surface area contributed by atoms with Gasteiger partial charge in [-0.3, -0.25) is 0 Å². The molecule has 0 fully saturated rings. The van der Waals surface area contributed by atoms with Crippen molar-refractivity contribution < 1.29 is 125 Å². The Bertz CT molecular complexity index is 73.1. The molecule has 0 radical (unpaired) electrons. The largest absolute Gasteiger partial charge is 1.00 e. The van der Waals surface area contributed by atoms with E-state index in [1.54, 1.807) is 0 Å². The first-order valence-electron chi connectivity index (χ1n) is 0.756. The van der Waals surface area contributed by atoms with E-state index in [4.69, 9.17) is 58.1 Å². The Morgan fingerprint density at radius 1 is 0.455 bits per heavy atom. The summed E-state index contributed by atoms with van der Waals surface area (Å²) in [5.74, 6) is 0. The van der Waals surface area contributed by atoms with Crippen molar-refractivity contribution in [1.82, 2.24) is 0 Å². The Morgan fingerprint density at radius 2 is 0.455 bits per heavy atom. The molecule has 0 heterocycles. The molecule has 0 unspecified atom stereocenters. The molecule has 0 saturated heterocycles. The zero-order valence-electron chi connectivity index (χ0n) is 6.60. The van der Waals surface area contributed by atoms with Crippen LogP contribution < -0.4 is 118 Å². The monoisotopic (exact) mass is 405 g/mol. The Morgan fingerprint density at radius 3 is 0.455 bits per heavy atom. The SMILES string of the molecule is [Cl][Rh-4]([Cl])([Cl])([Cl])([Cl])[Cl].[Na+].[Na+].[Na+].[Na+]. The first-order chi connectivity index (χ1) is 2.45. The van der Waals surface area contributed by atoms with Crippen molar-refractivity contribution in [2.45, 2.75) is 0 Å². The molecule has 0 spiro atoms. The molecule has 0 atom stereocenters. The van der Waals surface area contributed by atoms with Gasteiger partial charge in [-0.2, -0.15) is 0 Å². The molecule has 0 amide bonds. The van der Waals surface area contributed by atoms with E-state index < -0.39 is 6.48 Å². The summed E-state index contributed by atoms with van der Waals surface area (Å²) in [6.07, 6.45) is 0. The van der Waals surface area contributed by atoms with Gasteiger partial charge in [0.25, 0.3) is 0 Å². The Hall–Kier alpha value is 6.36. The number of hydrogen-bond donors (Lipinski definition) is 0. The maximum Gasteiger partial charge on any atom is 1.00 e. The Labute approximate surface area is 178 Å². The summed E-state index contributed by atoms with van der Waals surface area (Å²) in [6.45, 7) is -5.15. The molecule has 0 rings (SSSR count). The molecule has 0 aromatic carbocycles. The molecule has 0 aromatic heterocycles. The van der Waals surface area contributed by atoms with Gasteiger partial charge in [0, 0.05) is 0 Å². The van der Waals surface area contributed by atoms with Crippen LogP contribution in [0, 0.1) is 0 Å². The zero-order chi connectivity index (χ0) is 6.41. The molecule has 55 valence electrons. The van der Waals surface area contributed by atoms with E-state index in [9.17, 15) is 0 Å². The van der Waals surface area contributed by atoms with E-state index in [0.29, 0.717) is 0 Å². The van der Waals surface area contributed by atoms with Crippen LogP contribution in [0.5, 0.6) is 0 Å². The molecule has 0 bridgehead atoms. The summed E-state index contributed by atoms with van der Waals surface area (Å²) in [4.78, 5) is 0. The van der Waals surface area contributed by atoms with Crippen molar-refractivity contribution in [3.63, 3.8) is 0 Å². The molecule has 0 aliphatic rings. The van der Waals surface area contributed by atoms with Gasteiger partial charge in [0.15, 0.2) is 0 Å². The second-order valence-electron chi connectivity index (χ2n) is 0.714. The predicted octanol–water partition coefficient (Wildman–Crippen LogP) is -7.85. The van der Waals surface area contributed by atoms with Crippen molar-refractivity contribution in [2.24, 2.45) is 0 Å². The predicted molar refractivity (Wildman–Crippen MR) is 35.1 cm³/mol. The summed E-state index contributed by atoms with van der Waals surface area (Å²) < 4.78 is 0. The van der Waals surface area contributed by atoms with Crippen molar-refractivity contribution in [3.05, 3.63) is 0 Å². The number of rotatable bonds is 0. The molecule has 11 heavy (non-hydrogen) atoms. The fourth-order valence-electron chi connectivity index (χ4n) is 0. The molecule has 0 N–H and O–H groups in total. The molecule has 0 nitrogen and oxygen atoms in total. The molecular weight excluding hydrogens is 408 g/mol. The number of hydrogen-bond acceptors (Lipinski definition) is 0. The normalized spacial score (nSPS) is 14.7. The average Bonchev–Trinajstić information content (AvgIpc) is 0.592. The van der Waals surface area contributed by atoms with Crippen LogP contribution in [0.25, 0.3) is 0 Å². The van der Waals surface area contributed by atoms with Crippen LogP contribution in [0.2, 0.25) is 0 Å². The third-order valence-electron chi connectivity index (χ3n) is 0. The van der Waals surface area contributed by atoms with Crippen LogP contribution in [0.4, 0.5) is 0 Å². The molecule has 0 aliphatic heterocycles. The summed E-state index contributed by atoms with van der Waals surface area (Å²) in [6, 6.07) is 0. The fourth-order valence-corrected chi connectivity index (χ4v) is 0. The van der Waals surface area contributed by atoms with Gasteiger partial charge in [-0.1, -0.05) is 0 Å². The minimum atomic E-state index is -5.15. The molecule has 0 aliphatic carbocycles. The Kier molecular flexibility index (Phi) is 23.4. The van der Waals surface area contributed by atoms with E-state index in [-0.39, 0.29) is 118 Å². The maximum atomic E-state index is 5.04. The van der Waals surface area contributed by atoms with E-state index in [2.05, 4.69) is 0 Å². The van der Waals surface area contributed by atoms with Crippen molar-refractivity contribution in [2.75, 3.05) is 0 Å². The second-order valence-corrected chi connectivity index (χ2v) is 38.0. The van der Waals surface area contributed by atoms with Crippen molar-refractivity contribution in [1.29, 1.82) is 0 Å². The quantitative estimate of drug-likeness (QED) is 0.350. The van der Waals surface area contributed by atoms with Gasteiger partial charge in [0.05, 0.1) is 0 Å². The smallest absolute Gasteiger partial charge is 1.00 e. The maximum absolute atomic E-state index is 5.15. The van der Waals surface area contributed by atoms with Gasteiger partial charge in [0.2, 0.25) is 0 Å². The standard InChI is InChI=1S/6ClH.4Na.Rh/h6*1H;;;;;/q;;;;;;4*+1;+2/p-6. The van der Waals surface area contributed by atoms with E-state index in [1.807, 2.05) is 0 Å². The second kappa shape index (κ2) is 8.46.